The number of H-pyrrole nitrogens is 1. The average molecular weight is 320 g/mol. The average Bonchev–Trinajstić information content (AvgIpc) is 3.06. The lowest BCUT2D eigenvalue weighted by Crippen LogP contribution is -2.11. The number of nitrogens with one attached hydrogen (secondary N) is 1. The molecule has 0 saturated carbocycles. The Bertz CT molecular complexity index is 834. The molecule has 3 aromatic heterocycles. The smallest absolute Gasteiger partial charge is 0.303 e. The van der Waals surface area contributed by atoms with Gasteiger partial charge in [-0.2, -0.15) is 11.3 Å². The van der Waals surface area contributed by atoms with E-state index in [-0.39, 0.29) is 12.0 Å². The summed E-state index contributed by atoms with van der Waals surface area (Å²) in [6.07, 6.45) is 1.00. The van der Waals surface area contributed by atoms with Crippen molar-refractivity contribution >= 4 is 38.9 Å². The minimum atomic E-state index is -0.839. The number of rotatable bonds is 5. The summed E-state index contributed by atoms with van der Waals surface area (Å²) in [6.45, 7) is 0. The van der Waals surface area contributed by atoms with Gasteiger partial charge in [0.1, 0.15) is 10.7 Å². The maximum Gasteiger partial charge on any atom is 0.303 e. The lowest BCUT2D eigenvalue weighted by Gasteiger charge is -2.00. The molecule has 0 aliphatic carbocycles. The molecule has 0 aromatic carbocycles. The molecule has 3 aromatic rings. The summed E-state index contributed by atoms with van der Waals surface area (Å²) in [4.78, 5) is 30.7. The van der Waals surface area contributed by atoms with E-state index in [0.717, 1.165) is 11.1 Å². The van der Waals surface area contributed by atoms with Crippen LogP contribution < -0.4 is 5.56 Å². The number of aromatic amines is 1. The molecule has 7 heteroatoms. The molecular weight excluding hydrogens is 308 g/mol. The van der Waals surface area contributed by atoms with Crippen LogP contribution in [-0.4, -0.2) is 21.0 Å². The fraction of sp³-hybridized carbons (Fsp3) is 0.214. The Labute approximate surface area is 127 Å². The third-order valence-corrected chi connectivity index (χ3v) is 4.68. The molecule has 0 amide bonds. The van der Waals surface area contributed by atoms with Crippen LogP contribution in [0.2, 0.25) is 0 Å². The third-order valence-electron chi connectivity index (χ3n) is 3.13. The highest BCUT2D eigenvalue weighted by atomic mass is 32.1. The van der Waals surface area contributed by atoms with Crippen molar-refractivity contribution in [1.29, 1.82) is 0 Å². The third kappa shape index (κ3) is 2.88. The normalized spacial score (nSPS) is 11.0. The van der Waals surface area contributed by atoms with Crippen molar-refractivity contribution in [1.82, 2.24) is 9.97 Å². The first kappa shape index (κ1) is 14.0. The summed E-state index contributed by atoms with van der Waals surface area (Å²) in [5.74, 6) is -0.290. The minimum absolute atomic E-state index is 0.0757. The molecule has 0 atom stereocenters. The van der Waals surface area contributed by atoms with Crippen molar-refractivity contribution in [2.45, 2.75) is 19.3 Å². The standard InChI is InChI=1S/C14H12N2O3S2/c17-11(18)3-1-2-10-15-13(19)12-9(7-21-14(12)16-10)8-4-5-20-6-8/h4-7H,1-3H2,(H,17,18)(H,15,16,19). The number of carboxylic acids is 1. The number of hydrogen-bond donors (Lipinski definition) is 2. The SMILES string of the molecule is O=C(O)CCCc1nc2scc(-c3ccsc3)c2c(=O)[nH]1. The predicted molar refractivity (Wildman–Crippen MR) is 84.1 cm³/mol. The molecule has 0 aliphatic heterocycles. The van der Waals surface area contributed by atoms with E-state index in [0.29, 0.717) is 28.9 Å². The second kappa shape index (κ2) is 5.79. The van der Waals surface area contributed by atoms with Crippen LogP contribution in [0.3, 0.4) is 0 Å². The zero-order chi connectivity index (χ0) is 14.8. The fourth-order valence-electron chi connectivity index (χ4n) is 2.15. The van der Waals surface area contributed by atoms with Gasteiger partial charge in [-0.3, -0.25) is 9.59 Å². The highest BCUT2D eigenvalue weighted by Gasteiger charge is 2.13. The molecule has 3 heterocycles. The molecular formula is C14H12N2O3S2. The fourth-order valence-corrected chi connectivity index (χ4v) is 3.77. The van der Waals surface area contributed by atoms with Gasteiger partial charge in [0.2, 0.25) is 0 Å². The molecule has 3 rings (SSSR count). The molecule has 5 nitrogen and oxygen atoms in total. The molecule has 0 unspecified atom stereocenters. The Morgan fingerprint density at radius 3 is 2.95 bits per heavy atom. The van der Waals surface area contributed by atoms with Crippen molar-refractivity contribution in [3.63, 3.8) is 0 Å². The Morgan fingerprint density at radius 2 is 2.24 bits per heavy atom. The molecule has 0 fully saturated rings. The molecule has 0 bridgehead atoms. The minimum Gasteiger partial charge on any atom is -0.481 e. The predicted octanol–water partition coefficient (Wildman–Crippen LogP) is 3.12. The van der Waals surface area contributed by atoms with Gasteiger partial charge in [0.25, 0.3) is 5.56 Å². The number of fused-ring (bicyclic) bond motifs is 1. The molecule has 0 spiro atoms. The first-order valence-electron chi connectivity index (χ1n) is 6.40. The quantitative estimate of drug-likeness (QED) is 0.756. The van der Waals surface area contributed by atoms with Gasteiger partial charge in [-0.1, -0.05) is 0 Å². The number of hydrogen-bond acceptors (Lipinski definition) is 5. The topological polar surface area (TPSA) is 83.0 Å². The maximum atomic E-state index is 12.3. The molecule has 108 valence electrons. The number of aryl methyl sites for hydroxylation is 1. The van der Waals surface area contributed by atoms with Crippen molar-refractivity contribution in [2.24, 2.45) is 0 Å². The Balaban J connectivity index is 1.95. The van der Waals surface area contributed by atoms with Crippen LogP contribution in [0.4, 0.5) is 0 Å². The molecule has 0 saturated heterocycles. The number of thiophene rings is 2. The van der Waals surface area contributed by atoms with Crippen LogP contribution in [0.15, 0.2) is 27.0 Å². The first-order valence-corrected chi connectivity index (χ1v) is 8.22. The molecule has 2 N–H and O–H groups in total. The van der Waals surface area contributed by atoms with Gasteiger partial charge < -0.3 is 10.1 Å². The van der Waals surface area contributed by atoms with Crippen molar-refractivity contribution in [3.8, 4) is 11.1 Å². The zero-order valence-electron chi connectivity index (χ0n) is 11.0. The highest BCUT2D eigenvalue weighted by molar-refractivity contribution is 7.17. The number of aromatic nitrogens is 2. The van der Waals surface area contributed by atoms with Crippen LogP contribution in [0.25, 0.3) is 21.3 Å². The van der Waals surface area contributed by atoms with Gasteiger partial charge in [-0.15, -0.1) is 11.3 Å². The molecule has 21 heavy (non-hydrogen) atoms. The van der Waals surface area contributed by atoms with Gasteiger partial charge in [0.15, 0.2) is 0 Å². The van der Waals surface area contributed by atoms with E-state index >= 15 is 0 Å². The number of carbonyl (C=O) groups is 1. The van der Waals surface area contributed by atoms with Crippen LogP contribution in [0.5, 0.6) is 0 Å². The summed E-state index contributed by atoms with van der Waals surface area (Å²) < 4.78 is 0. The van der Waals surface area contributed by atoms with Gasteiger partial charge >= 0.3 is 5.97 Å². The van der Waals surface area contributed by atoms with Crippen LogP contribution in [-0.2, 0) is 11.2 Å². The summed E-state index contributed by atoms with van der Waals surface area (Å²) in [7, 11) is 0. The van der Waals surface area contributed by atoms with Gasteiger partial charge in [0.05, 0.1) is 5.39 Å². The van der Waals surface area contributed by atoms with Gasteiger partial charge in [0, 0.05) is 23.8 Å². The summed E-state index contributed by atoms with van der Waals surface area (Å²) in [6, 6.07) is 1.98. The van der Waals surface area contributed by atoms with Crippen molar-refractivity contribution in [2.75, 3.05) is 0 Å². The van der Waals surface area contributed by atoms with Crippen LogP contribution >= 0.6 is 22.7 Å². The largest absolute Gasteiger partial charge is 0.481 e. The van der Waals surface area contributed by atoms with E-state index in [4.69, 9.17) is 5.11 Å². The molecule has 0 radical (unpaired) electrons. The van der Waals surface area contributed by atoms with E-state index in [1.54, 1.807) is 11.3 Å². The lowest BCUT2D eigenvalue weighted by atomic mass is 10.1. The summed E-state index contributed by atoms with van der Waals surface area (Å²) in [5, 5.41) is 15.2. The van der Waals surface area contributed by atoms with E-state index in [1.165, 1.54) is 11.3 Å². The number of nitrogens with zero attached hydrogens (tertiary/aromatic N) is 1. The Kier molecular flexibility index (Phi) is 3.85. The number of carboxylic acid groups (broad SMARTS) is 1. The van der Waals surface area contributed by atoms with Crippen molar-refractivity contribution < 1.29 is 9.90 Å². The second-order valence-electron chi connectivity index (χ2n) is 4.60. The monoisotopic (exact) mass is 320 g/mol. The number of aliphatic carboxylic acids is 1. The van der Waals surface area contributed by atoms with E-state index in [9.17, 15) is 9.59 Å². The summed E-state index contributed by atoms with van der Waals surface area (Å²) in [5.41, 5.74) is 1.77. The van der Waals surface area contributed by atoms with Gasteiger partial charge in [-0.25, -0.2) is 4.98 Å². The Morgan fingerprint density at radius 1 is 1.38 bits per heavy atom. The van der Waals surface area contributed by atoms with Gasteiger partial charge in [-0.05, 0) is 28.8 Å². The maximum absolute atomic E-state index is 12.3. The zero-order valence-corrected chi connectivity index (χ0v) is 12.6. The second-order valence-corrected chi connectivity index (χ2v) is 6.24. The van der Waals surface area contributed by atoms with E-state index in [2.05, 4.69) is 9.97 Å². The summed E-state index contributed by atoms with van der Waals surface area (Å²) >= 11 is 3.02. The van der Waals surface area contributed by atoms with Crippen LogP contribution in [0.1, 0.15) is 18.7 Å². The first-order chi connectivity index (χ1) is 10.1. The van der Waals surface area contributed by atoms with E-state index in [1.807, 2.05) is 22.2 Å². The molecule has 0 aliphatic rings. The van der Waals surface area contributed by atoms with Crippen LogP contribution in [0, 0.1) is 0 Å². The lowest BCUT2D eigenvalue weighted by molar-refractivity contribution is -0.137. The Hall–Kier alpha value is -1.99. The highest BCUT2D eigenvalue weighted by Crippen LogP contribution is 2.31. The van der Waals surface area contributed by atoms with Crippen molar-refractivity contribution in [3.05, 3.63) is 38.4 Å². The van der Waals surface area contributed by atoms with E-state index < -0.39 is 5.97 Å².